The van der Waals surface area contributed by atoms with Crippen LogP contribution in [-0.4, -0.2) is 16.1 Å². The zero-order chi connectivity index (χ0) is 13.5. The lowest BCUT2D eigenvalue weighted by Gasteiger charge is -2.19. The molecule has 18 heavy (non-hydrogen) atoms. The highest BCUT2D eigenvalue weighted by atomic mass is 16.4. The first kappa shape index (κ1) is 12.4. The summed E-state index contributed by atoms with van der Waals surface area (Å²) in [5.74, 6) is -1.21. The highest BCUT2D eigenvalue weighted by Gasteiger charge is 2.16. The molecule has 0 saturated heterocycles. The SMILES string of the molecule is CC(C)(C)c1ccc2[nH]cc(C(=O)O)c(=O)c2c1. The quantitative estimate of drug-likeness (QED) is 0.811. The normalized spacial score (nSPS) is 11.7. The number of carboxylic acid groups (broad SMARTS) is 1. The number of rotatable bonds is 1. The van der Waals surface area contributed by atoms with Crippen molar-refractivity contribution in [1.29, 1.82) is 0 Å². The van der Waals surface area contributed by atoms with E-state index >= 15 is 0 Å². The summed E-state index contributed by atoms with van der Waals surface area (Å²) in [6, 6.07) is 5.52. The Bertz CT molecular complexity index is 677. The molecule has 4 nitrogen and oxygen atoms in total. The van der Waals surface area contributed by atoms with Crippen molar-refractivity contribution in [2.24, 2.45) is 0 Å². The molecular weight excluding hydrogens is 230 g/mol. The maximum atomic E-state index is 12.0. The molecule has 1 heterocycles. The Morgan fingerprint density at radius 2 is 1.94 bits per heavy atom. The van der Waals surface area contributed by atoms with Gasteiger partial charge in [-0.15, -0.1) is 0 Å². The number of hydrogen-bond acceptors (Lipinski definition) is 2. The van der Waals surface area contributed by atoms with Crippen LogP contribution in [0.4, 0.5) is 0 Å². The van der Waals surface area contributed by atoms with E-state index in [1.165, 1.54) is 6.20 Å². The first-order valence-corrected chi connectivity index (χ1v) is 5.70. The first-order chi connectivity index (χ1) is 8.30. The molecule has 0 saturated carbocycles. The summed E-state index contributed by atoms with van der Waals surface area (Å²) in [4.78, 5) is 25.8. The van der Waals surface area contributed by atoms with Crippen LogP contribution in [0, 0.1) is 0 Å². The molecule has 0 bridgehead atoms. The summed E-state index contributed by atoms with van der Waals surface area (Å²) < 4.78 is 0. The summed E-state index contributed by atoms with van der Waals surface area (Å²) in [7, 11) is 0. The lowest BCUT2D eigenvalue weighted by molar-refractivity contribution is 0.0695. The zero-order valence-electron chi connectivity index (χ0n) is 10.6. The highest BCUT2D eigenvalue weighted by Crippen LogP contribution is 2.24. The summed E-state index contributed by atoms with van der Waals surface area (Å²) in [5, 5.41) is 9.35. The second-order valence-electron chi connectivity index (χ2n) is 5.35. The predicted octanol–water partition coefficient (Wildman–Crippen LogP) is 2.52. The Morgan fingerprint density at radius 3 is 2.50 bits per heavy atom. The number of pyridine rings is 1. The highest BCUT2D eigenvalue weighted by molar-refractivity contribution is 5.92. The first-order valence-electron chi connectivity index (χ1n) is 5.70. The van der Waals surface area contributed by atoms with E-state index in [1.54, 1.807) is 6.07 Å². The average Bonchev–Trinajstić information content (AvgIpc) is 2.27. The summed E-state index contributed by atoms with van der Waals surface area (Å²) in [5.41, 5.74) is 0.900. The van der Waals surface area contributed by atoms with E-state index in [4.69, 9.17) is 5.11 Å². The molecular formula is C14H15NO3. The maximum Gasteiger partial charge on any atom is 0.341 e. The van der Waals surface area contributed by atoms with Crippen molar-refractivity contribution >= 4 is 16.9 Å². The van der Waals surface area contributed by atoms with Gasteiger partial charge in [0, 0.05) is 17.1 Å². The van der Waals surface area contributed by atoms with Gasteiger partial charge in [0.2, 0.25) is 5.43 Å². The van der Waals surface area contributed by atoms with E-state index in [2.05, 4.69) is 4.98 Å². The van der Waals surface area contributed by atoms with Gasteiger partial charge in [-0.05, 0) is 23.1 Å². The number of H-pyrrole nitrogens is 1. The predicted molar refractivity (Wildman–Crippen MR) is 70.2 cm³/mol. The molecule has 2 N–H and O–H groups in total. The maximum absolute atomic E-state index is 12.0. The number of aromatic amines is 1. The smallest absolute Gasteiger partial charge is 0.341 e. The van der Waals surface area contributed by atoms with Gasteiger partial charge in [0.25, 0.3) is 0 Å². The number of aromatic nitrogens is 1. The van der Waals surface area contributed by atoms with Crippen molar-refractivity contribution in [2.45, 2.75) is 26.2 Å². The second-order valence-corrected chi connectivity index (χ2v) is 5.35. The van der Waals surface area contributed by atoms with E-state index in [-0.39, 0.29) is 11.0 Å². The number of hydrogen-bond donors (Lipinski definition) is 2. The average molecular weight is 245 g/mol. The zero-order valence-corrected chi connectivity index (χ0v) is 10.6. The van der Waals surface area contributed by atoms with Crippen LogP contribution in [0.3, 0.4) is 0 Å². The number of benzene rings is 1. The third-order valence-corrected chi connectivity index (χ3v) is 2.98. The molecule has 0 aliphatic carbocycles. The molecule has 94 valence electrons. The van der Waals surface area contributed by atoms with Gasteiger partial charge in [0.15, 0.2) is 0 Å². The van der Waals surface area contributed by atoms with Crippen LogP contribution in [0.2, 0.25) is 0 Å². The molecule has 0 unspecified atom stereocenters. The Balaban J connectivity index is 2.79. The van der Waals surface area contributed by atoms with Gasteiger partial charge in [0.05, 0.1) is 0 Å². The summed E-state index contributed by atoms with van der Waals surface area (Å²) >= 11 is 0. The van der Waals surface area contributed by atoms with Crippen molar-refractivity contribution in [1.82, 2.24) is 4.98 Å². The topological polar surface area (TPSA) is 70.2 Å². The minimum Gasteiger partial charge on any atom is -0.477 e. The number of fused-ring (bicyclic) bond motifs is 1. The minimum absolute atomic E-state index is 0.0835. The molecule has 0 radical (unpaired) electrons. The van der Waals surface area contributed by atoms with Crippen molar-refractivity contribution in [3.8, 4) is 0 Å². The molecule has 0 atom stereocenters. The largest absolute Gasteiger partial charge is 0.477 e. The molecule has 0 aliphatic rings. The standard InChI is InChI=1S/C14H15NO3/c1-14(2,3)8-4-5-11-9(6-8)12(16)10(7-15-11)13(17)18/h4-7H,1-3H3,(H,15,16)(H,17,18). The Hall–Kier alpha value is -2.10. The summed E-state index contributed by atoms with van der Waals surface area (Å²) in [6.45, 7) is 6.14. The summed E-state index contributed by atoms with van der Waals surface area (Å²) in [6.07, 6.45) is 1.24. The van der Waals surface area contributed by atoms with Crippen molar-refractivity contribution in [2.75, 3.05) is 0 Å². The monoisotopic (exact) mass is 245 g/mol. The van der Waals surface area contributed by atoms with Gasteiger partial charge in [-0.3, -0.25) is 4.79 Å². The van der Waals surface area contributed by atoms with E-state index < -0.39 is 11.4 Å². The van der Waals surface area contributed by atoms with E-state index in [1.807, 2.05) is 32.9 Å². The van der Waals surface area contributed by atoms with Gasteiger partial charge in [-0.2, -0.15) is 0 Å². The molecule has 2 aromatic rings. The number of aromatic carboxylic acids is 1. The van der Waals surface area contributed by atoms with Crippen molar-refractivity contribution in [3.63, 3.8) is 0 Å². The Kier molecular flexibility index (Phi) is 2.73. The van der Waals surface area contributed by atoms with Gasteiger partial charge in [-0.1, -0.05) is 26.8 Å². The molecule has 4 heteroatoms. The second kappa shape index (κ2) is 3.98. The molecule has 0 aliphatic heterocycles. The molecule has 1 aromatic carbocycles. The third kappa shape index (κ3) is 2.01. The van der Waals surface area contributed by atoms with Crippen LogP contribution in [-0.2, 0) is 5.41 Å². The Morgan fingerprint density at radius 1 is 1.28 bits per heavy atom. The molecule has 1 aromatic heterocycles. The molecule has 0 fully saturated rings. The molecule has 0 spiro atoms. The lowest BCUT2D eigenvalue weighted by atomic mass is 9.86. The Labute approximate surface area is 104 Å². The van der Waals surface area contributed by atoms with Gasteiger partial charge in [-0.25, -0.2) is 4.79 Å². The van der Waals surface area contributed by atoms with E-state index in [0.29, 0.717) is 10.9 Å². The number of carbonyl (C=O) groups is 1. The van der Waals surface area contributed by atoms with Crippen molar-refractivity contribution < 1.29 is 9.90 Å². The number of nitrogens with one attached hydrogen (secondary N) is 1. The van der Waals surface area contributed by atoms with Crippen LogP contribution >= 0.6 is 0 Å². The van der Waals surface area contributed by atoms with Crippen molar-refractivity contribution in [3.05, 3.63) is 45.7 Å². The fourth-order valence-corrected chi connectivity index (χ4v) is 1.84. The van der Waals surface area contributed by atoms with E-state index in [9.17, 15) is 9.59 Å². The minimum atomic E-state index is -1.21. The lowest BCUT2D eigenvalue weighted by Crippen LogP contribution is -2.17. The van der Waals surface area contributed by atoms with Gasteiger partial charge < -0.3 is 10.1 Å². The fraction of sp³-hybridized carbons (Fsp3) is 0.286. The van der Waals surface area contributed by atoms with Gasteiger partial charge >= 0.3 is 5.97 Å². The van der Waals surface area contributed by atoms with Crippen LogP contribution in [0.25, 0.3) is 10.9 Å². The molecule has 2 rings (SSSR count). The van der Waals surface area contributed by atoms with E-state index in [0.717, 1.165) is 5.56 Å². The van der Waals surface area contributed by atoms with Crippen LogP contribution < -0.4 is 5.43 Å². The fourth-order valence-electron chi connectivity index (χ4n) is 1.84. The van der Waals surface area contributed by atoms with Gasteiger partial charge in [0.1, 0.15) is 5.56 Å². The van der Waals surface area contributed by atoms with Crippen LogP contribution in [0.5, 0.6) is 0 Å². The number of carboxylic acids is 1. The van der Waals surface area contributed by atoms with Crippen LogP contribution in [0.1, 0.15) is 36.7 Å². The van der Waals surface area contributed by atoms with Crippen LogP contribution in [0.15, 0.2) is 29.2 Å². The third-order valence-electron chi connectivity index (χ3n) is 2.98. The molecule has 0 amide bonds.